The van der Waals surface area contributed by atoms with E-state index < -0.39 is 0 Å². The topological polar surface area (TPSA) is 3.24 Å². The minimum absolute atomic E-state index is 1.10. The normalized spacial score (nSPS) is 11.5. The third kappa shape index (κ3) is 6.41. The van der Waals surface area contributed by atoms with Gasteiger partial charge in [-0.05, 0) is 137 Å². The second-order valence-corrected chi connectivity index (χ2v) is 17.2. The summed E-state index contributed by atoms with van der Waals surface area (Å²) >= 11 is 1.86. The van der Waals surface area contributed by atoms with Crippen molar-refractivity contribution in [2.45, 2.75) is 0 Å². The molecule has 62 heavy (non-hydrogen) atoms. The highest BCUT2D eigenvalue weighted by Crippen LogP contribution is 2.41. The molecule has 0 N–H and O–H groups in total. The van der Waals surface area contributed by atoms with Crippen LogP contribution < -0.4 is 4.90 Å². The lowest BCUT2D eigenvalue weighted by atomic mass is 9.95. The molecule has 0 atom stereocenters. The van der Waals surface area contributed by atoms with Crippen LogP contribution in [0.4, 0.5) is 17.1 Å². The number of nitrogens with zero attached hydrogens (tertiary/aromatic N) is 1. The van der Waals surface area contributed by atoms with E-state index in [0.29, 0.717) is 0 Å². The van der Waals surface area contributed by atoms with E-state index in [2.05, 4.69) is 241 Å². The number of anilines is 3. The van der Waals surface area contributed by atoms with Crippen molar-refractivity contribution >= 4 is 80.9 Å². The van der Waals surface area contributed by atoms with Crippen molar-refractivity contribution in [1.29, 1.82) is 0 Å². The third-order valence-electron chi connectivity index (χ3n) is 12.4. The van der Waals surface area contributed by atoms with Gasteiger partial charge in [0.25, 0.3) is 0 Å². The average molecular weight is 806 g/mol. The van der Waals surface area contributed by atoms with Gasteiger partial charge < -0.3 is 4.90 Å². The van der Waals surface area contributed by atoms with Gasteiger partial charge in [0.1, 0.15) is 0 Å². The van der Waals surface area contributed by atoms with Crippen LogP contribution in [0.5, 0.6) is 0 Å². The van der Waals surface area contributed by atoms with Crippen molar-refractivity contribution in [3.05, 3.63) is 237 Å². The van der Waals surface area contributed by atoms with E-state index in [0.717, 1.165) is 17.1 Å². The fraction of sp³-hybridized carbons (Fsp3) is 0. The molecule has 0 aliphatic carbocycles. The lowest BCUT2D eigenvalue weighted by molar-refractivity contribution is 1.28. The summed E-state index contributed by atoms with van der Waals surface area (Å²) in [5.41, 5.74) is 12.9. The van der Waals surface area contributed by atoms with Crippen molar-refractivity contribution in [2.24, 2.45) is 0 Å². The maximum absolute atomic E-state index is 2.38. The number of rotatable bonds is 7. The van der Waals surface area contributed by atoms with Crippen LogP contribution in [0.25, 0.3) is 97.0 Å². The molecule has 12 rings (SSSR count). The minimum atomic E-state index is 1.10. The summed E-state index contributed by atoms with van der Waals surface area (Å²) in [6.07, 6.45) is 0. The Morgan fingerprint density at radius 3 is 1.52 bits per heavy atom. The van der Waals surface area contributed by atoms with Gasteiger partial charge in [0, 0.05) is 37.2 Å². The summed E-state index contributed by atoms with van der Waals surface area (Å²) in [7, 11) is 0. The zero-order valence-electron chi connectivity index (χ0n) is 33.9. The molecule has 12 aromatic rings. The standard InChI is InChI=1S/C60H39NS/c1-3-17-53-42(10-1)12-9-20-55(53)48-15-7-13-44(36-48)45-14-8-16-52(38-45)61(51-32-26-41(27-33-51)47-29-35-58-57-19-5-6-21-59(57)62-60(58)39-47)50-30-24-40(25-31-50)46-28-34-56-49(37-46)23-22-43-11-2-4-18-54(43)56/h1-39H. The highest BCUT2D eigenvalue weighted by atomic mass is 32.1. The first-order valence-corrected chi connectivity index (χ1v) is 22.0. The van der Waals surface area contributed by atoms with Crippen LogP contribution in [0.15, 0.2) is 237 Å². The molecule has 0 aliphatic heterocycles. The summed E-state index contributed by atoms with van der Waals surface area (Å²) in [5.74, 6) is 0. The van der Waals surface area contributed by atoms with Crippen LogP contribution in [-0.2, 0) is 0 Å². The Morgan fingerprint density at radius 1 is 0.242 bits per heavy atom. The molecule has 0 amide bonds. The zero-order valence-corrected chi connectivity index (χ0v) is 34.7. The molecule has 0 saturated heterocycles. The first-order chi connectivity index (χ1) is 30.7. The lowest BCUT2D eigenvalue weighted by Gasteiger charge is -2.26. The maximum Gasteiger partial charge on any atom is 0.0467 e. The molecule has 1 nitrogen and oxygen atoms in total. The fourth-order valence-corrected chi connectivity index (χ4v) is 10.5. The number of benzene rings is 11. The summed E-state index contributed by atoms with van der Waals surface area (Å²) in [5, 5.41) is 10.2. The van der Waals surface area contributed by atoms with E-state index in [1.165, 1.54) is 97.0 Å². The van der Waals surface area contributed by atoms with Crippen LogP contribution in [-0.4, -0.2) is 0 Å². The van der Waals surface area contributed by atoms with E-state index in [4.69, 9.17) is 0 Å². The molecule has 0 fully saturated rings. The largest absolute Gasteiger partial charge is 0.310 e. The van der Waals surface area contributed by atoms with Crippen molar-refractivity contribution in [3.63, 3.8) is 0 Å². The zero-order chi connectivity index (χ0) is 41.0. The molecule has 0 bridgehead atoms. The predicted octanol–water partition coefficient (Wildman–Crippen LogP) is 17.7. The molecule has 2 heteroatoms. The monoisotopic (exact) mass is 805 g/mol. The number of hydrogen-bond acceptors (Lipinski definition) is 2. The predicted molar refractivity (Wildman–Crippen MR) is 268 cm³/mol. The Labute approximate surface area is 365 Å². The number of hydrogen-bond donors (Lipinski definition) is 0. The molecule has 0 unspecified atom stereocenters. The van der Waals surface area contributed by atoms with Gasteiger partial charge in [-0.25, -0.2) is 0 Å². The van der Waals surface area contributed by atoms with Gasteiger partial charge in [-0.3, -0.25) is 0 Å². The minimum Gasteiger partial charge on any atom is -0.310 e. The van der Waals surface area contributed by atoms with Crippen LogP contribution in [0.2, 0.25) is 0 Å². The molecule has 11 aromatic carbocycles. The van der Waals surface area contributed by atoms with Gasteiger partial charge in [0.05, 0.1) is 0 Å². The van der Waals surface area contributed by atoms with Crippen LogP contribution >= 0.6 is 11.3 Å². The van der Waals surface area contributed by atoms with E-state index in [1.54, 1.807) is 0 Å². The Balaban J connectivity index is 0.931. The lowest BCUT2D eigenvalue weighted by Crippen LogP contribution is -2.10. The SMILES string of the molecule is c1cc(-c2cccc(N(c3ccc(-c4ccc5c(ccc6ccccc65)c4)cc3)c3ccc(-c4ccc5c(c4)sc4ccccc45)cc3)c2)cc(-c2cccc3ccccc23)c1. The Kier molecular flexibility index (Phi) is 8.76. The van der Waals surface area contributed by atoms with Crippen LogP contribution in [0.3, 0.4) is 0 Å². The van der Waals surface area contributed by atoms with Gasteiger partial charge in [0.2, 0.25) is 0 Å². The van der Waals surface area contributed by atoms with Crippen molar-refractivity contribution in [3.8, 4) is 44.5 Å². The first-order valence-electron chi connectivity index (χ1n) is 21.2. The number of fused-ring (bicyclic) bond motifs is 7. The van der Waals surface area contributed by atoms with Gasteiger partial charge in [-0.15, -0.1) is 11.3 Å². The van der Waals surface area contributed by atoms with Crippen molar-refractivity contribution in [1.82, 2.24) is 0 Å². The second kappa shape index (κ2) is 15.0. The molecule has 0 aliphatic rings. The highest BCUT2D eigenvalue weighted by Gasteiger charge is 2.16. The quantitative estimate of drug-likeness (QED) is 0.145. The maximum atomic E-state index is 2.38. The number of thiophene rings is 1. The van der Waals surface area contributed by atoms with E-state index >= 15 is 0 Å². The fourth-order valence-electron chi connectivity index (χ4n) is 9.32. The van der Waals surface area contributed by atoms with Crippen molar-refractivity contribution < 1.29 is 0 Å². The van der Waals surface area contributed by atoms with E-state index in [9.17, 15) is 0 Å². The first kappa shape index (κ1) is 36.1. The van der Waals surface area contributed by atoms with Crippen molar-refractivity contribution in [2.75, 3.05) is 4.90 Å². The summed E-state index contributed by atoms with van der Waals surface area (Å²) in [6.45, 7) is 0. The average Bonchev–Trinajstić information content (AvgIpc) is 3.72. The molecule has 0 saturated carbocycles. The van der Waals surface area contributed by atoms with Gasteiger partial charge in [-0.2, -0.15) is 0 Å². The van der Waals surface area contributed by atoms with Gasteiger partial charge in [-0.1, -0.05) is 176 Å². The molecule has 290 valence electrons. The Bertz CT molecular complexity index is 3630. The molecule has 1 heterocycles. The van der Waals surface area contributed by atoms with Crippen LogP contribution in [0.1, 0.15) is 0 Å². The highest BCUT2D eigenvalue weighted by molar-refractivity contribution is 7.25. The molecule has 0 spiro atoms. The summed E-state index contributed by atoms with van der Waals surface area (Å²) < 4.78 is 2.64. The second-order valence-electron chi connectivity index (χ2n) is 16.1. The molecular weight excluding hydrogens is 767 g/mol. The van der Waals surface area contributed by atoms with Crippen LogP contribution in [0, 0.1) is 0 Å². The Morgan fingerprint density at radius 2 is 0.742 bits per heavy atom. The van der Waals surface area contributed by atoms with E-state index in [-0.39, 0.29) is 0 Å². The smallest absolute Gasteiger partial charge is 0.0467 e. The molecule has 0 radical (unpaired) electrons. The Hall–Kier alpha value is -7.78. The third-order valence-corrected chi connectivity index (χ3v) is 13.6. The van der Waals surface area contributed by atoms with Gasteiger partial charge in [0.15, 0.2) is 0 Å². The summed E-state index contributed by atoms with van der Waals surface area (Å²) in [4.78, 5) is 2.38. The molecular formula is C60H39NS. The summed E-state index contributed by atoms with van der Waals surface area (Å²) in [6, 6.07) is 86.8. The van der Waals surface area contributed by atoms with E-state index in [1.807, 2.05) is 11.3 Å². The molecule has 1 aromatic heterocycles. The van der Waals surface area contributed by atoms with Gasteiger partial charge >= 0.3 is 0 Å².